The molecule has 0 bridgehead atoms. The van der Waals surface area contributed by atoms with Crippen LogP contribution < -0.4 is 24.8 Å². The molecule has 0 spiro atoms. The van der Waals surface area contributed by atoms with Crippen LogP contribution in [0.25, 0.3) is 33.4 Å². The summed E-state index contributed by atoms with van der Waals surface area (Å²) in [6.45, 7) is 16.0. The third-order valence-corrected chi connectivity index (χ3v) is 9.41. The van der Waals surface area contributed by atoms with E-state index in [0.717, 1.165) is 6.42 Å². The van der Waals surface area contributed by atoms with Crippen LogP contribution in [-0.2, 0) is 41.5 Å². The molecule has 0 fully saturated rings. The third-order valence-electron chi connectivity index (χ3n) is 8.59. The molecule has 3 heteroatoms. The summed E-state index contributed by atoms with van der Waals surface area (Å²) in [6.07, 6.45) is 0.944. The number of benzene rings is 5. The van der Waals surface area contributed by atoms with Crippen molar-refractivity contribution < 1.29 is 49.0 Å². The number of hydrogen-bond acceptors (Lipinski definition) is 0. The summed E-state index contributed by atoms with van der Waals surface area (Å²) >= 11 is 1.47. The van der Waals surface area contributed by atoms with Gasteiger partial charge in [0.2, 0.25) is 0 Å². The molecule has 0 aromatic heterocycles. The Labute approximate surface area is 322 Å². The maximum atomic E-state index is 3.88. The van der Waals surface area contributed by atoms with E-state index in [1.807, 2.05) is 30.3 Å². The zero-order chi connectivity index (χ0) is 33.6. The molecule has 1 aliphatic carbocycles. The van der Waals surface area contributed by atoms with Crippen molar-refractivity contribution in [1.82, 2.24) is 0 Å². The van der Waals surface area contributed by atoms with E-state index >= 15 is 0 Å². The number of halogens is 2. The van der Waals surface area contributed by atoms with E-state index in [2.05, 4.69) is 161 Å². The molecule has 6 aromatic carbocycles. The Kier molecular flexibility index (Phi) is 14.5. The van der Waals surface area contributed by atoms with Crippen molar-refractivity contribution in [3.63, 3.8) is 0 Å². The van der Waals surface area contributed by atoms with Gasteiger partial charge in [0.15, 0.2) is 0 Å². The summed E-state index contributed by atoms with van der Waals surface area (Å²) in [5.74, 6) is 0. The minimum Gasteiger partial charge on any atom is -1.00 e. The molecule has 0 unspecified atom stereocenters. The van der Waals surface area contributed by atoms with Gasteiger partial charge in [-0.05, 0) is 39.5 Å². The van der Waals surface area contributed by atoms with Crippen molar-refractivity contribution in [2.45, 2.75) is 65.7 Å². The Balaban J connectivity index is 0.000000338. The van der Waals surface area contributed by atoms with Crippen molar-refractivity contribution >= 4 is 3.71 Å². The Morgan fingerprint density at radius 1 is 0.612 bits per heavy atom. The second-order valence-corrected chi connectivity index (χ2v) is 15.1. The molecule has 0 saturated carbocycles. The maximum absolute atomic E-state index is 3.88. The first-order valence-corrected chi connectivity index (χ1v) is 18.0. The standard InChI is InChI=1S/C33H33.C8H8.C5H5.2ClH.Zr/c1-32(2,3)30-20-26-24(18-28(30)22-13-9-7-10-14-22)17-25-19-29(23-15-11-8-12-16-23)31(21-27(25)26)33(4,5)6;1-7-4-3-5-8(2)6-7;1-2-4-5-3-1;;;/h7-16,18,20-21H,17H2,1-6H3;1,3-6H,2H3;1-5H;2*1H;/q-1;;-1;;;+2/p-2. The smallest absolute Gasteiger partial charge is 0.172 e. The molecule has 0 amide bonds. The molecule has 0 radical (unpaired) electrons. The van der Waals surface area contributed by atoms with Crippen molar-refractivity contribution in [2.75, 3.05) is 0 Å². The van der Waals surface area contributed by atoms with Gasteiger partial charge in [0.1, 0.15) is 0 Å². The molecule has 1 aliphatic rings. The third kappa shape index (κ3) is 10.2. The van der Waals surface area contributed by atoms with E-state index in [0.29, 0.717) is 0 Å². The topological polar surface area (TPSA) is 0 Å². The molecular weight excluding hydrogens is 715 g/mol. The number of fused-ring (bicyclic) bond motifs is 3. The average molecular weight is 761 g/mol. The van der Waals surface area contributed by atoms with Gasteiger partial charge >= 0.3 is 70.3 Å². The van der Waals surface area contributed by atoms with Crippen LogP contribution in [0, 0.1) is 13.0 Å². The zero-order valence-corrected chi connectivity index (χ0v) is 33.7. The largest absolute Gasteiger partial charge is 1.00 e. The molecule has 250 valence electrons. The minimum absolute atomic E-state index is 0. The first-order chi connectivity index (χ1) is 22.5. The van der Waals surface area contributed by atoms with Gasteiger partial charge in [-0.3, -0.25) is 0 Å². The molecule has 6 aromatic rings. The molecule has 7 rings (SSSR count). The van der Waals surface area contributed by atoms with Gasteiger partial charge < -0.3 is 24.8 Å². The van der Waals surface area contributed by atoms with Gasteiger partial charge in [-0.2, -0.15) is 18.2 Å². The Hall–Kier alpha value is -3.22. The van der Waals surface area contributed by atoms with Crippen LogP contribution in [0.4, 0.5) is 0 Å². The van der Waals surface area contributed by atoms with Crippen molar-refractivity contribution in [3.8, 4) is 33.4 Å². The van der Waals surface area contributed by atoms with Crippen LogP contribution >= 0.6 is 0 Å². The van der Waals surface area contributed by atoms with E-state index < -0.39 is 0 Å². The van der Waals surface area contributed by atoms with Gasteiger partial charge in [-0.1, -0.05) is 131 Å². The van der Waals surface area contributed by atoms with Crippen LogP contribution in [0.15, 0.2) is 133 Å². The van der Waals surface area contributed by atoms with Gasteiger partial charge in [0, 0.05) is 0 Å². The second-order valence-electron chi connectivity index (χ2n) is 14.4. The van der Waals surface area contributed by atoms with Crippen LogP contribution in [0.5, 0.6) is 0 Å². The summed E-state index contributed by atoms with van der Waals surface area (Å²) in [6, 6.07) is 51.3. The quantitative estimate of drug-likeness (QED) is 0.192. The van der Waals surface area contributed by atoms with E-state index in [1.54, 1.807) is 0 Å². The maximum Gasteiger partial charge on any atom is -0.172 e. The van der Waals surface area contributed by atoms with Crippen molar-refractivity contribution in [3.05, 3.63) is 173 Å². The predicted molar refractivity (Wildman–Crippen MR) is 200 cm³/mol. The fourth-order valence-electron chi connectivity index (χ4n) is 6.18. The molecular formula is C46H46Cl2Zr-2. The van der Waals surface area contributed by atoms with Crippen LogP contribution in [-0.4, -0.2) is 3.71 Å². The van der Waals surface area contributed by atoms with Crippen LogP contribution in [0.3, 0.4) is 0 Å². The minimum atomic E-state index is 0. The number of rotatable bonds is 3. The van der Waals surface area contributed by atoms with Crippen molar-refractivity contribution in [2.24, 2.45) is 0 Å². The van der Waals surface area contributed by atoms with Crippen LogP contribution in [0.2, 0.25) is 0 Å². The van der Waals surface area contributed by atoms with Gasteiger partial charge in [0.05, 0.1) is 0 Å². The summed E-state index contributed by atoms with van der Waals surface area (Å²) in [4.78, 5) is 0. The SMILES string of the molecule is CC(C)(C)c1cc2c([c-]c1-c1ccccc1)Cc1cc(-c3ccccc3)c(C(C)(C)C)cc1-2.Cc1cccc([CH]=[Zr+2])c1.[Cl-].[Cl-].c1cc[cH-]c1. The normalized spacial score (nSPS) is 11.3. The summed E-state index contributed by atoms with van der Waals surface area (Å²) in [7, 11) is 0. The molecule has 0 heterocycles. The van der Waals surface area contributed by atoms with E-state index in [1.165, 1.54) is 91.0 Å². The van der Waals surface area contributed by atoms with E-state index in [4.69, 9.17) is 0 Å². The number of hydrogen-bond donors (Lipinski definition) is 0. The fraction of sp³-hybridized carbons (Fsp3) is 0.217. The first-order valence-electron chi connectivity index (χ1n) is 16.6. The summed E-state index contributed by atoms with van der Waals surface area (Å²) in [5.41, 5.74) is 16.2. The van der Waals surface area contributed by atoms with Gasteiger partial charge in [-0.15, -0.1) is 28.8 Å². The van der Waals surface area contributed by atoms with Crippen LogP contribution in [0.1, 0.15) is 74.9 Å². The Bertz CT molecular complexity index is 1800. The molecule has 0 aliphatic heterocycles. The monoisotopic (exact) mass is 758 g/mol. The van der Waals surface area contributed by atoms with E-state index in [-0.39, 0.29) is 35.6 Å². The van der Waals surface area contributed by atoms with Crippen molar-refractivity contribution in [1.29, 1.82) is 0 Å². The Morgan fingerprint density at radius 2 is 1.18 bits per heavy atom. The van der Waals surface area contributed by atoms with Gasteiger partial charge in [0.25, 0.3) is 0 Å². The first kappa shape index (κ1) is 40.2. The van der Waals surface area contributed by atoms with E-state index in [9.17, 15) is 0 Å². The average Bonchev–Trinajstić information content (AvgIpc) is 3.76. The molecule has 0 nitrogen and oxygen atoms in total. The molecule has 0 saturated heterocycles. The zero-order valence-electron chi connectivity index (χ0n) is 29.7. The fourth-order valence-corrected chi connectivity index (χ4v) is 6.62. The second kappa shape index (κ2) is 17.6. The molecule has 0 atom stereocenters. The predicted octanol–water partition coefficient (Wildman–Crippen LogP) is 6.09. The Morgan fingerprint density at radius 3 is 1.67 bits per heavy atom. The summed E-state index contributed by atoms with van der Waals surface area (Å²) < 4.78 is 2.19. The molecule has 0 N–H and O–H groups in total. The van der Waals surface area contributed by atoms with Gasteiger partial charge in [-0.25, -0.2) is 12.1 Å². The molecule has 49 heavy (non-hydrogen) atoms. The number of aryl methyl sites for hydroxylation is 1. The summed E-state index contributed by atoms with van der Waals surface area (Å²) in [5, 5.41) is 0.